The van der Waals surface area contributed by atoms with Crippen LogP contribution in [0.2, 0.25) is 0 Å². The lowest BCUT2D eigenvalue weighted by Gasteiger charge is -2.10. The second-order valence-corrected chi connectivity index (χ2v) is 6.13. The first-order valence-corrected chi connectivity index (χ1v) is 9.12. The Morgan fingerprint density at radius 1 is 1.00 bits per heavy atom. The molecule has 0 aliphatic carbocycles. The van der Waals surface area contributed by atoms with E-state index in [0.717, 1.165) is 36.1 Å². The van der Waals surface area contributed by atoms with Crippen molar-refractivity contribution >= 4 is 0 Å². The highest BCUT2D eigenvalue weighted by Gasteiger charge is 2.09. The van der Waals surface area contributed by atoms with Gasteiger partial charge in [-0.2, -0.15) is 0 Å². The van der Waals surface area contributed by atoms with Crippen molar-refractivity contribution in [3.8, 4) is 17.0 Å². The number of pyridine rings is 1. The van der Waals surface area contributed by atoms with Gasteiger partial charge in [0.2, 0.25) is 0 Å². The molecule has 0 fully saturated rings. The summed E-state index contributed by atoms with van der Waals surface area (Å²) in [5.74, 6) is 0.0208. The Morgan fingerprint density at radius 2 is 1.79 bits per heavy atom. The average molecular weight is 329 g/mol. The summed E-state index contributed by atoms with van der Waals surface area (Å²) in [6, 6.07) is 9.08. The van der Waals surface area contributed by atoms with Crippen LogP contribution in [0.15, 0.2) is 36.5 Å². The Labute approximate surface area is 145 Å². The summed E-state index contributed by atoms with van der Waals surface area (Å²) >= 11 is 0. The fraction of sp³-hybridized carbons (Fsp3) is 0.476. The van der Waals surface area contributed by atoms with Crippen LogP contribution in [0.5, 0.6) is 5.75 Å². The standard InChI is InChI=1S/C21H28FNO/c1-3-5-6-7-8-9-15-24-20-13-12-18(16-19(20)22)21-17(4-2)11-10-14-23-21/h10-14,16H,3-9,15H2,1-2H3. The van der Waals surface area contributed by atoms with Crippen LogP contribution in [-0.2, 0) is 6.42 Å². The molecular formula is C21H28FNO. The van der Waals surface area contributed by atoms with E-state index in [-0.39, 0.29) is 5.82 Å². The third-order valence-electron chi connectivity index (χ3n) is 4.23. The van der Waals surface area contributed by atoms with E-state index in [2.05, 4.69) is 18.8 Å². The van der Waals surface area contributed by atoms with Gasteiger partial charge in [0.25, 0.3) is 0 Å². The first kappa shape index (κ1) is 18.4. The summed E-state index contributed by atoms with van der Waals surface area (Å²) < 4.78 is 19.9. The van der Waals surface area contributed by atoms with Crippen LogP contribution in [0.3, 0.4) is 0 Å². The molecule has 0 saturated carbocycles. The smallest absolute Gasteiger partial charge is 0.165 e. The van der Waals surface area contributed by atoms with Crippen LogP contribution in [0.25, 0.3) is 11.3 Å². The molecule has 2 nitrogen and oxygen atoms in total. The minimum absolute atomic E-state index is 0.314. The van der Waals surface area contributed by atoms with Gasteiger partial charge in [-0.1, -0.05) is 52.0 Å². The van der Waals surface area contributed by atoms with Crippen molar-refractivity contribution in [2.24, 2.45) is 0 Å². The summed E-state index contributed by atoms with van der Waals surface area (Å²) in [6.45, 7) is 4.87. The fourth-order valence-electron chi connectivity index (χ4n) is 2.81. The Balaban J connectivity index is 1.90. The first-order chi connectivity index (χ1) is 11.8. The minimum Gasteiger partial charge on any atom is -0.491 e. The predicted octanol–water partition coefficient (Wildman–Crippen LogP) is 6.19. The largest absolute Gasteiger partial charge is 0.491 e. The van der Waals surface area contributed by atoms with Gasteiger partial charge in [-0.05, 0) is 42.7 Å². The summed E-state index contributed by atoms with van der Waals surface area (Å²) in [4.78, 5) is 4.39. The van der Waals surface area contributed by atoms with Crippen molar-refractivity contribution in [1.29, 1.82) is 0 Å². The van der Waals surface area contributed by atoms with Crippen LogP contribution in [0.1, 0.15) is 57.9 Å². The van der Waals surface area contributed by atoms with Crippen molar-refractivity contribution in [1.82, 2.24) is 4.98 Å². The van der Waals surface area contributed by atoms with Gasteiger partial charge >= 0.3 is 0 Å². The van der Waals surface area contributed by atoms with Gasteiger partial charge < -0.3 is 4.74 Å². The third-order valence-corrected chi connectivity index (χ3v) is 4.23. The lowest BCUT2D eigenvalue weighted by molar-refractivity contribution is 0.290. The SMILES string of the molecule is CCCCCCCCOc1ccc(-c2ncccc2CC)cc1F. The van der Waals surface area contributed by atoms with Crippen molar-refractivity contribution in [2.45, 2.75) is 58.8 Å². The van der Waals surface area contributed by atoms with Crippen LogP contribution in [0, 0.1) is 5.82 Å². The van der Waals surface area contributed by atoms with Crippen LogP contribution < -0.4 is 4.74 Å². The van der Waals surface area contributed by atoms with Crippen LogP contribution >= 0.6 is 0 Å². The highest BCUT2D eigenvalue weighted by atomic mass is 19.1. The second kappa shape index (κ2) is 10.1. The Hall–Kier alpha value is -1.90. The molecule has 3 heteroatoms. The average Bonchev–Trinajstić information content (AvgIpc) is 2.62. The van der Waals surface area contributed by atoms with E-state index in [1.807, 2.05) is 18.2 Å². The Morgan fingerprint density at radius 3 is 2.54 bits per heavy atom. The van der Waals surface area contributed by atoms with Crippen molar-refractivity contribution in [3.05, 3.63) is 47.9 Å². The van der Waals surface area contributed by atoms with Crippen molar-refractivity contribution in [3.63, 3.8) is 0 Å². The number of halogens is 1. The zero-order chi connectivity index (χ0) is 17.2. The normalized spacial score (nSPS) is 10.8. The maximum atomic E-state index is 14.3. The molecule has 0 spiro atoms. The first-order valence-electron chi connectivity index (χ1n) is 9.12. The third kappa shape index (κ3) is 5.33. The quantitative estimate of drug-likeness (QED) is 0.485. The molecule has 0 radical (unpaired) electrons. The molecule has 0 aliphatic heterocycles. The lowest BCUT2D eigenvalue weighted by atomic mass is 10.0. The zero-order valence-corrected chi connectivity index (χ0v) is 14.9. The van der Waals surface area contributed by atoms with E-state index in [0.29, 0.717) is 12.4 Å². The number of ether oxygens (including phenoxy) is 1. The molecule has 0 bridgehead atoms. The molecule has 1 aromatic heterocycles. The van der Waals surface area contributed by atoms with Crippen LogP contribution in [0.4, 0.5) is 4.39 Å². The molecule has 1 heterocycles. The maximum Gasteiger partial charge on any atom is 0.165 e. The van der Waals surface area contributed by atoms with Gasteiger partial charge in [0.1, 0.15) is 0 Å². The molecule has 24 heavy (non-hydrogen) atoms. The number of hydrogen-bond donors (Lipinski definition) is 0. The van der Waals surface area contributed by atoms with Gasteiger partial charge in [-0.15, -0.1) is 0 Å². The number of hydrogen-bond acceptors (Lipinski definition) is 2. The molecule has 1 aromatic carbocycles. The molecule has 2 rings (SSSR count). The van der Waals surface area contributed by atoms with Crippen molar-refractivity contribution < 1.29 is 9.13 Å². The highest BCUT2D eigenvalue weighted by Crippen LogP contribution is 2.27. The van der Waals surface area contributed by atoms with Gasteiger partial charge in [0.05, 0.1) is 12.3 Å². The number of benzene rings is 1. The lowest BCUT2D eigenvalue weighted by Crippen LogP contribution is -2.00. The van der Waals surface area contributed by atoms with Gasteiger partial charge in [-0.25, -0.2) is 4.39 Å². The van der Waals surface area contributed by atoms with Crippen LogP contribution in [-0.4, -0.2) is 11.6 Å². The second-order valence-electron chi connectivity index (χ2n) is 6.13. The molecule has 0 amide bonds. The number of rotatable bonds is 10. The minimum atomic E-state index is -0.314. The van der Waals surface area contributed by atoms with E-state index in [9.17, 15) is 4.39 Å². The zero-order valence-electron chi connectivity index (χ0n) is 14.9. The van der Waals surface area contributed by atoms with Gasteiger partial charge in [0.15, 0.2) is 11.6 Å². The summed E-state index contributed by atoms with van der Waals surface area (Å²) in [6.07, 6.45) is 9.81. The summed E-state index contributed by atoms with van der Waals surface area (Å²) in [5, 5.41) is 0. The predicted molar refractivity (Wildman–Crippen MR) is 97.9 cm³/mol. The molecule has 0 N–H and O–H groups in total. The molecule has 0 atom stereocenters. The number of nitrogens with zero attached hydrogens (tertiary/aromatic N) is 1. The van der Waals surface area contributed by atoms with E-state index in [4.69, 9.17) is 4.74 Å². The fourth-order valence-corrected chi connectivity index (χ4v) is 2.81. The molecular weight excluding hydrogens is 301 g/mol. The Bertz CT molecular complexity index is 627. The number of unbranched alkanes of at least 4 members (excludes halogenated alkanes) is 5. The highest BCUT2D eigenvalue weighted by molar-refractivity contribution is 5.64. The van der Waals surface area contributed by atoms with Crippen molar-refractivity contribution in [2.75, 3.05) is 6.61 Å². The molecule has 0 saturated heterocycles. The topological polar surface area (TPSA) is 22.1 Å². The number of aryl methyl sites for hydroxylation is 1. The van der Waals surface area contributed by atoms with E-state index in [1.54, 1.807) is 12.3 Å². The van der Waals surface area contributed by atoms with E-state index >= 15 is 0 Å². The summed E-state index contributed by atoms with van der Waals surface area (Å²) in [5.41, 5.74) is 2.77. The van der Waals surface area contributed by atoms with E-state index < -0.39 is 0 Å². The number of aromatic nitrogens is 1. The monoisotopic (exact) mass is 329 g/mol. The van der Waals surface area contributed by atoms with E-state index in [1.165, 1.54) is 31.7 Å². The molecule has 0 aliphatic rings. The molecule has 2 aromatic rings. The maximum absolute atomic E-state index is 14.3. The Kier molecular flexibility index (Phi) is 7.73. The molecule has 130 valence electrons. The van der Waals surface area contributed by atoms with Gasteiger partial charge in [-0.3, -0.25) is 4.98 Å². The molecule has 0 unspecified atom stereocenters. The van der Waals surface area contributed by atoms with Gasteiger partial charge in [0, 0.05) is 11.8 Å². The summed E-state index contributed by atoms with van der Waals surface area (Å²) in [7, 11) is 0.